The molecule has 5 N–H and O–H groups in total. The Labute approximate surface area is 331 Å². The Morgan fingerprint density at radius 1 is 0.792 bits per heavy atom. The fourth-order valence-electron chi connectivity index (χ4n) is 4.53. The molecule has 0 aromatic carbocycles. The number of urea groups is 1. The number of hydrogen-bond donors (Lipinski definition) is 5. The van der Waals surface area contributed by atoms with Crippen molar-refractivity contribution in [2.75, 3.05) is 26.7 Å². The van der Waals surface area contributed by atoms with E-state index in [4.69, 9.17) is 9.90 Å². The monoisotopic (exact) mass is 768 g/mol. The first-order chi connectivity index (χ1) is 24.9. The molecule has 0 aromatic rings. The van der Waals surface area contributed by atoms with Gasteiger partial charge in [-0.3, -0.25) is 19.2 Å². The van der Waals surface area contributed by atoms with Gasteiger partial charge in [0, 0.05) is 30.9 Å². The van der Waals surface area contributed by atoms with Crippen molar-refractivity contribution < 1.29 is 39.6 Å². The number of carbonyl (C=O) groups is 6. The summed E-state index contributed by atoms with van der Waals surface area (Å²) in [6.07, 6.45) is 11.5. The Kier molecular flexibility index (Phi) is 41.7. The zero-order chi connectivity index (χ0) is 42.6. The third kappa shape index (κ3) is 37.1. The Hall–Kier alpha value is -3.02. The van der Waals surface area contributed by atoms with Crippen molar-refractivity contribution in [3.05, 3.63) is 0 Å². The van der Waals surface area contributed by atoms with E-state index in [1.54, 1.807) is 0 Å². The molecule has 5 amide bonds. The lowest BCUT2D eigenvalue weighted by atomic mass is 9.80. The van der Waals surface area contributed by atoms with Crippen LogP contribution in [0.15, 0.2) is 0 Å². The van der Waals surface area contributed by atoms with Gasteiger partial charge >= 0.3 is 6.03 Å². The number of hydrogen-bond acceptors (Lipinski definition) is 7. The summed E-state index contributed by atoms with van der Waals surface area (Å²) >= 11 is 0. The summed E-state index contributed by atoms with van der Waals surface area (Å²) in [5.41, 5.74) is 0.291. The molecule has 1 atom stereocenters. The molecule has 1 heterocycles. The van der Waals surface area contributed by atoms with Crippen molar-refractivity contribution >= 4 is 36.3 Å². The Morgan fingerprint density at radius 3 is 1.62 bits per heavy atom. The molecule has 2 saturated carbocycles. The van der Waals surface area contributed by atoms with E-state index < -0.39 is 30.2 Å². The summed E-state index contributed by atoms with van der Waals surface area (Å²) in [6, 6.07) is -0.998. The number of amides is 5. The average Bonchev–Trinajstić information content (AvgIpc) is 3.79. The van der Waals surface area contributed by atoms with Crippen molar-refractivity contribution in [3.63, 3.8) is 0 Å². The summed E-state index contributed by atoms with van der Waals surface area (Å²) in [6.45, 7) is 31.6. The quantitative estimate of drug-likeness (QED) is 0.147. The number of ketones is 1. The molecule has 12 nitrogen and oxygen atoms in total. The number of nitrogens with zero attached hydrogens (tertiary/aromatic N) is 1. The molecular formula is C41H93N5O7. The van der Waals surface area contributed by atoms with Gasteiger partial charge in [-0.05, 0) is 56.3 Å². The minimum Gasteiger partial charge on any atom is -0.400 e. The lowest BCUT2D eigenvalue weighted by molar-refractivity contribution is -0.140. The second-order valence-corrected chi connectivity index (χ2v) is 15.3. The second-order valence-electron chi connectivity index (χ2n) is 15.3. The van der Waals surface area contributed by atoms with E-state index in [9.17, 15) is 24.0 Å². The summed E-state index contributed by atoms with van der Waals surface area (Å²) < 4.78 is 0. The van der Waals surface area contributed by atoms with Gasteiger partial charge in [0.2, 0.25) is 17.6 Å². The minimum atomic E-state index is -0.702. The van der Waals surface area contributed by atoms with Crippen LogP contribution < -0.4 is 21.3 Å². The molecule has 0 bridgehead atoms. The SMILES string of the molecule is C=O.CC.CC(C)(C)C.CC(C)C.CCC.CCC.CCC1(NC(=O)NCC(=O)N2CCC[C@H]2C(=O)NCC(=O)C(=O)NC2CC2)CCCCC1.CO.[HH].[HH].[HH].[HH]. The topological polar surface area (TPSA) is 174 Å². The lowest BCUT2D eigenvalue weighted by Crippen LogP contribution is -2.55. The standard InChI is InChI=1S/C22H35N5O5.C5H12.C4H10.2C3H8.C2H6.CH4O.CH2O.4H2/c1-2-22(10-4-3-5-11-22)26-21(32)24-14-18(29)27-12-6-7-16(27)19(30)23-13-17(28)20(31)25-15-8-9-15;1-5(2,3)4;1-4(2)3;2*1-3-2;3*1-2;;;;/h15-16H,2-14H2,1H3,(H,23,30)(H,25,31)(H2,24,26,32);1-4H3;4H,1-3H3;2*3H2,1-2H3;1-2H3;2H,1H3;1H2;4*1H/t16-;;;;;;;;;;;/m0.........../s1. The normalized spacial score (nSPS) is 16.1. The number of nitrogens with one attached hydrogen (secondary N) is 4. The van der Waals surface area contributed by atoms with Crippen LogP contribution in [0, 0.1) is 11.3 Å². The van der Waals surface area contributed by atoms with E-state index in [2.05, 4.69) is 104 Å². The van der Waals surface area contributed by atoms with Gasteiger partial charge in [0.1, 0.15) is 12.8 Å². The highest BCUT2D eigenvalue weighted by Crippen LogP contribution is 2.30. The Morgan fingerprint density at radius 2 is 1.23 bits per heavy atom. The zero-order valence-corrected chi connectivity index (χ0v) is 36.9. The summed E-state index contributed by atoms with van der Waals surface area (Å²) in [7, 11) is 1.00. The smallest absolute Gasteiger partial charge is 0.315 e. The van der Waals surface area contributed by atoms with Crippen LogP contribution in [-0.4, -0.2) is 90.7 Å². The van der Waals surface area contributed by atoms with E-state index in [0.717, 1.165) is 58.0 Å². The fourth-order valence-corrected chi connectivity index (χ4v) is 4.53. The van der Waals surface area contributed by atoms with E-state index in [0.29, 0.717) is 24.8 Å². The maximum Gasteiger partial charge on any atom is 0.315 e. The molecule has 3 rings (SSSR count). The van der Waals surface area contributed by atoms with Gasteiger partial charge in [-0.1, -0.05) is 129 Å². The summed E-state index contributed by atoms with van der Waals surface area (Å²) in [4.78, 5) is 70.6. The van der Waals surface area contributed by atoms with E-state index in [1.807, 2.05) is 20.6 Å². The molecule has 1 saturated heterocycles. The third-order valence-corrected chi connectivity index (χ3v) is 6.73. The number of likely N-dealkylation sites (tertiary alicyclic amines) is 1. The van der Waals surface area contributed by atoms with Crippen LogP contribution >= 0.6 is 0 Å². The largest absolute Gasteiger partial charge is 0.400 e. The molecule has 3 fully saturated rings. The van der Waals surface area contributed by atoms with Crippen molar-refractivity contribution in [2.24, 2.45) is 11.3 Å². The number of aliphatic hydroxyl groups excluding tert-OH is 1. The van der Waals surface area contributed by atoms with Gasteiger partial charge in [-0.15, -0.1) is 0 Å². The van der Waals surface area contributed by atoms with Gasteiger partial charge in [0.05, 0.1) is 13.1 Å². The molecule has 324 valence electrons. The van der Waals surface area contributed by atoms with E-state index in [1.165, 1.54) is 24.2 Å². The van der Waals surface area contributed by atoms with Crippen LogP contribution in [0.5, 0.6) is 0 Å². The molecule has 12 heteroatoms. The highest BCUT2D eigenvalue weighted by atomic mass is 16.2. The maximum absolute atomic E-state index is 12.7. The molecule has 0 radical (unpaired) electrons. The van der Waals surface area contributed by atoms with Gasteiger partial charge < -0.3 is 36.1 Å². The van der Waals surface area contributed by atoms with Crippen LogP contribution in [-0.2, 0) is 24.0 Å². The molecular weight excluding hydrogens is 674 g/mol. The summed E-state index contributed by atoms with van der Waals surface area (Å²) in [5.74, 6) is -1.36. The van der Waals surface area contributed by atoms with Crippen LogP contribution in [0.25, 0.3) is 0 Å². The van der Waals surface area contributed by atoms with Crippen LogP contribution in [0.4, 0.5) is 4.79 Å². The molecule has 1 aliphatic heterocycles. The number of Topliss-reactive ketones (excluding diaryl/α,β-unsaturated/α-hetero) is 1. The predicted octanol–water partition coefficient (Wildman–Crippen LogP) is 8.33. The Bertz CT molecular complexity index is 938. The second kappa shape index (κ2) is 37.3. The predicted molar refractivity (Wildman–Crippen MR) is 229 cm³/mol. The third-order valence-electron chi connectivity index (χ3n) is 6.73. The van der Waals surface area contributed by atoms with Gasteiger partial charge in [0.25, 0.3) is 5.91 Å². The van der Waals surface area contributed by atoms with E-state index >= 15 is 0 Å². The van der Waals surface area contributed by atoms with Crippen molar-refractivity contribution in [3.8, 4) is 0 Å². The number of aliphatic hydroxyl groups is 1. The van der Waals surface area contributed by atoms with Crippen LogP contribution in [0.1, 0.15) is 180 Å². The Balaban J connectivity index is -0.000000111. The number of rotatable bonds is 9. The first-order valence-corrected chi connectivity index (χ1v) is 20.1. The van der Waals surface area contributed by atoms with Gasteiger partial charge in [-0.2, -0.15) is 0 Å². The highest BCUT2D eigenvalue weighted by molar-refractivity contribution is 6.37. The first kappa shape index (κ1) is 59.3. The van der Waals surface area contributed by atoms with Crippen molar-refractivity contribution in [1.29, 1.82) is 0 Å². The van der Waals surface area contributed by atoms with Crippen molar-refractivity contribution in [2.45, 2.75) is 192 Å². The molecule has 0 aromatic heterocycles. The minimum absolute atomic E-state index is 0. The zero-order valence-electron chi connectivity index (χ0n) is 36.9. The first-order valence-electron chi connectivity index (χ1n) is 20.1. The lowest BCUT2D eigenvalue weighted by Gasteiger charge is -2.37. The van der Waals surface area contributed by atoms with Gasteiger partial charge in [-0.25, -0.2) is 4.79 Å². The maximum atomic E-state index is 12.7. The molecule has 0 spiro atoms. The number of carbonyl (C=O) groups excluding carboxylic acids is 6. The van der Waals surface area contributed by atoms with Gasteiger partial charge in [0.15, 0.2) is 0 Å². The average molecular weight is 768 g/mol. The van der Waals surface area contributed by atoms with Crippen molar-refractivity contribution in [1.82, 2.24) is 26.2 Å². The van der Waals surface area contributed by atoms with Crippen LogP contribution in [0.2, 0.25) is 0 Å². The summed E-state index contributed by atoms with van der Waals surface area (Å²) in [5, 5.41) is 17.7. The molecule has 3 aliphatic rings. The van der Waals surface area contributed by atoms with Crippen LogP contribution in [0.3, 0.4) is 0 Å². The molecule has 0 unspecified atom stereocenters. The molecule has 53 heavy (non-hydrogen) atoms. The fraction of sp³-hybridized carbons (Fsp3) is 0.854. The highest BCUT2D eigenvalue weighted by Gasteiger charge is 2.35. The molecule has 2 aliphatic carbocycles. The van der Waals surface area contributed by atoms with E-state index in [-0.39, 0.29) is 35.8 Å².